The summed E-state index contributed by atoms with van der Waals surface area (Å²) in [5.74, 6) is 0.263. The highest BCUT2D eigenvalue weighted by molar-refractivity contribution is 7.99. The molecule has 0 radical (unpaired) electrons. The van der Waals surface area contributed by atoms with Gasteiger partial charge in [0, 0.05) is 19.6 Å². The van der Waals surface area contributed by atoms with Gasteiger partial charge in [0.1, 0.15) is 0 Å². The summed E-state index contributed by atoms with van der Waals surface area (Å²) >= 11 is 1.29. The molecule has 1 rings (SSSR count). The molecule has 0 saturated carbocycles. The van der Waals surface area contributed by atoms with Crippen LogP contribution in [0.3, 0.4) is 0 Å². The van der Waals surface area contributed by atoms with E-state index in [1.54, 1.807) is 21.7 Å². The van der Waals surface area contributed by atoms with Gasteiger partial charge in [-0.1, -0.05) is 23.9 Å². The first-order chi connectivity index (χ1) is 9.22. The molecule has 0 spiro atoms. The minimum atomic E-state index is -0.00732. The molecule has 104 valence electrons. The minimum absolute atomic E-state index is 0.00732. The zero-order chi connectivity index (χ0) is 14.1. The number of amides is 1. The summed E-state index contributed by atoms with van der Waals surface area (Å²) in [4.78, 5) is 13.7. The van der Waals surface area contributed by atoms with Crippen molar-refractivity contribution in [3.8, 4) is 0 Å². The first-order valence-electron chi connectivity index (χ1n) is 5.81. The third-order valence-corrected chi connectivity index (χ3v) is 3.16. The van der Waals surface area contributed by atoms with Crippen LogP contribution in [0.15, 0.2) is 30.5 Å². The molecule has 2 N–H and O–H groups in total. The van der Waals surface area contributed by atoms with E-state index in [4.69, 9.17) is 5.73 Å². The van der Waals surface area contributed by atoms with E-state index in [9.17, 15) is 4.79 Å². The van der Waals surface area contributed by atoms with Crippen molar-refractivity contribution in [3.05, 3.63) is 25.3 Å². The van der Waals surface area contributed by atoms with E-state index in [2.05, 4.69) is 28.7 Å². The molecule has 19 heavy (non-hydrogen) atoms. The van der Waals surface area contributed by atoms with Crippen LogP contribution in [0.5, 0.6) is 0 Å². The maximum atomic E-state index is 12.0. The van der Waals surface area contributed by atoms with Crippen LogP contribution in [0, 0.1) is 0 Å². The molecule has 0 fully saturated rings. The predicted molar refractivity (Wildman–Crippen MR) is 74.6 cm³/mol. The van der Waals surface area contributed by atoms with Crippen molar-refractivity contribution in [2.24, 2.45) is 5.73 Å². The summed E-state index contributed by atoms with van der Waals surface area (Å²) in [7, 11) is 0. The molecular formula is C11H18N6OS. The number of nitrogens with two attached hydrogens (primary N) is 1. The number of rotatable bonds is 9. The second-order valence-corrected chi connectivity index (χ2v) is 4.58. The number of hydrogen-bond donors (Lipinski definition) is 1. The number of carbonyl (C=O) groups is 1. The predicted octanol–water partition coefficient (Wildman–Crippen LogP) is -0.0755. The molecule has 8 heteroatoms. The first-order valence-corrected chi connectivity index (χ1v) is 6.80. The SMILES string of the molecule is C=CCN(CC=C)C(=O)CSc1nnnn1CCN. The zero-order valence-electron chi connectivity index (χ0n) is 10.7. The summed E-state index contributed by atoms with van der Waals surface area (Å²) in [5.41, 5.74) is 5.45. The fourth-order valence-electron chi connectivity index (χ4n) is 1.37. The molecule has 1 amide bonds. The molecule has 0 saturated heterocycles. The lowest BCUT2D eigenvalue weighted by atomic mass is 10.4. The van der Waals surface area contributed by atoms with E-state index in [-0.39, 0.29) is 11.7 Å². The molecule has 1 aromatic heterocycles. The second-order valence-electron chi connectivity index (χ2n) is 3.64. The van der Waals surface area contributed by atoms with Gasteiger partial charge in [-0.25, -0.2) is 4.68 Å². The molecule has 0 unspecified atom stereocenters. The Balaban J connectivity index is 2.54. The second kappa shape index (κ2) is 8.44. The highest BCUT2D eigenvalue weighted by Crippen LogP contribution is 2.14. The van der Waals surface area contributed by atoms with Crippen LogP contribution in [0.2, 0.25) is 0 Å². The normalized spacial score (nSPS) is 10.2. The van der Waals surface area contributed by atoms with E-state index in [1.807, 2.05) is 0 Å². The monoisotopic (exact) mass is 282 g/mol. The number of carbonyl (C=O) groups excluding carboxylic acids is 1. The van der Waals surface area contributed by atoms with Gasteiger partial charge >= 0.3 is 0 Å². The van der Waals surface area contributed by atoms with Gasteiger partial charge in [0.2, 0.25) is 11.1 Å². The molecule has 7 nitrogen and oxygen atoms in total. The van der Waals surface area contributed by atoms with Gasteiger partial charge in [0.15, 0.2) is 0 Å². The molecule has 0 aliphatic rings. The van der Waals surface area contributed by atoms with Crippen molar-refractivity contribution in [2.75, 3.05) is 25.4 Å². The van der Waals surface area contributed by atoms with Crippen molar-refractivity contribution in [1.29, 1.82) is 0 Å². The quantitative estimate of drug-likeness (QED) is 0.503. The summed E-state index contributed by atoms with van der Waals surface area (Å²) in [5, 5.41) is 11.8. The number of nitrogens with zero attached hydrogens (tertiary/aromatic N) is 5. The largest absolute Gasteiger partial charge is 0.335 e. The standard InChI is InChI=1S/C11H18N6OS/c1-3-6-16(7-4-2)10(18)9-19-11-13-14-15-17(11)8-5-12/h3-4H,1-2,5-9,12H2. The van der Waals surface area contributed by atoms with Gasteiger partial charge in [0.25, 0.3) is 0 Å². The Morgan fingerprint density at radius 3 is 2.68 bits per heavy atom. The maximum absolute atomic E-state index is 12.0. The van der Waals surface area contributed by atoms with Crippen molar-refractivity contribution in [3.63, 3.8) is 0 Å². The van der Waals surface area contributed by atoms with E-state index < -0.39 is 0 Å². The lowest BCUT2D eigenvalue weighted by Crippen LogP contribution is -2.32. The highest BCUT2D eigenvalue weighted by atomic mass is 32.2. The molecular weight excluding hydrogens is 264 g/mol. The molecule has 0 atom stereocenters. The maximum Gasteiger partial charge on any atom is 0.233 e. The average Bonchev–Trinajstić information content (AvgIpc) is 2.84. The molecule has 1 heterocycles. The average molecular weight is 282 g/mol. The van der Waals surface area contributed by atoms with Crippen molar-refractivity contribution in [1.82, 2.24) is 25.1 Å². The van der Waals surface area contributed by atoms with Gasteiger partial charge < -0.3 is 10.6 Å². The molecule has 1 aromatic rings. The lowest BCUT2D eigenvalue weighted by Gasteiger charge is -2.18. The summed E-state index contributed by atoms with van der Waals surface area (Å²) in [6, 6.07) is 0. The van der Waals surface area contributed by atoms with Gasteiger partial charge in [0.05, 0.1) is 12.3 Å². The van der Waals surface area contributed by atoms with Crippen LogP contribution in [0.1, 0.15) is 0 Å². The highest BCUT2D eigenvalue weighted by Gasteiger charge is 2.13. The first kappa shape index (κ1) is 15.4. The molecule has 0 aromatic carbocycles. The number of tetrazole rings is 1. The van der Waals surface area contributed by atoms with Crippen LogP contribution < -0.4 is 5.73 Å². The summed E-state index contributed by atoms with van der Waals surface area (Å²) < 4.78 is 1.59. The van der Waals surface area contributed by atoms with Gasteiger partial charge in [-0.2, -0.15) is 0 Å². The van der Waals surface area contributed by atoms with E-state index >= 15 is 0 Å². The van der Waals surface area contributed by atoms with E-state index in [0.717, 1.165) is 0 Å². The Morgan fingerprint density at radius 1 is 1.42 bits per heavy atom. The van der Waals surface area contributed by atoms with E-state index in [1.165, 1.54) is 11.8 Å². The van der Waals surface area contributed by atoms with Crippen LogP contribution in [-0.2, 0) is 11.3 Å². The third kappa shape index (κ3) is 4.84. The Morgan fingerprint density at radius 2 is 2.11 bits per heavy atom. The molecule has 0 aliphatic carbocycles. The smallest absolute Gasteiger partial charge is 0.233 e. The lowest BCUT2D eigenvalue weighted by molar-refractivity contribution is -0.127. The minimum Gasteiger partial charge on any atom is -0.335 e. The summed E-state index contributed by atoms with van der Waals surface area (Å²) in [6.07, 6.45) is 3.37. The van der Waals surface area contributed by atoms with Gasteiger partial charge in [-0.15, -0.1) is 18.3 Å². The van der Waals surface area contributed by atoms with Gasteiger partial charge in [-0.3, -0.25) is 4.79 Å². The number of thioether (sulfide) groups is 1. The zero-order valence-corrected chi connectivity index (χ0v) is 11.6. The van der Waals surface area contributed by atoms with Crippen molar-refractivity contribution >= 4 is 17.7 Å². The van der Waals surface area contributed by atoms with E-state index in [0.29, 0.717) is 31.3 Å². The Bertz CT molecular complexity index is 423. The molecule has 0 aliphatic heterocycles. The Labute approximate surface area is 116 Å². The summed E-state index contributed by atoms with van der Waals surface area (Å²) in [6.45, 7) is 9.24. The third-order valence-electron chi connectivity index (χ3n) is 2.22. The topological polar surface area (TPSA) is 89.9 Å². The molecule has 0 bridgehead atoms. The van der Waals surface area contributed by atoms with Crippen LogP contribution in [0.4, 0.5) is 0 Å². The van der Waals surface area contributed by atoms with Crippen molar-refractivity contribution < 1.29 is 4.79 Å². The van der Waals surface area contributed by atoms with Crippen LogP contribution in [-0.4, -0.2) is 56.4 Å². The van der Waals surface area contributed by atoms with Crippen LogP contribution in [0.25, 0.3) is 0 Å². The number of hydrogen-bond acceptors (Lipinski definition) is 6. The Hall–Kier alpha value is -1.67. The van der Waals surface area contributed by atoms with Gasteiger partial charge in [-0.05, 0) is 10.4 Å². The fraction of sp³-hybridized carbons (Fsp3) is 0.455. The fourth-order valence-corrected chi connectivity index (χ4v) is 2.18. The number of aromatic nitrogens is 4. The Kier molecular flexibility index (Phi) is 6.83. The van der Waals surface area contributed by atoms with Crippen molar-refractivity contribution in [2.45, 2.75) is 11.7 Å². The van der Waals surface area contributed by atoms with Crippen LogP contribution >= 0.6 is 11.8 Å².